The summed E-state index contributed by atoms with van der Waals surface area (Å²) >= 11 is 5.69. The average Bonchev–Trinajstić information content (AvgIpc) is 1.61. The molecule has 0 amide bonds. The minimum absolute atomic E-state index is 0.890. The lowest BCUT2D eigenvalue weighted by atomic mass is 10.7. The lowest BCUT2D eigenvalue weighted by molar-refractivity contribution is 1.75. The molecule has 0 aromatic heterocycles. The van der Waals surface area contributed by atoms with Crippen LogP contribution >= 0.6 is 11.1 Å². The molecule has 1 atom stereocenters. The normalized spacial score (nSPS) is 11.9. The molecule has 0 rings (SSSR count). The maximum absolute atomic E-state index is 5.69. The number of hydrogen-bond donors (Lipinski definition) is 0. The van der Waals surface area contributed by atoms with Gasteiger partial charge in [0.15, 0.2) is 0 Å². The topological polar surface area (TPSA) is 0 Å². The molecule has 0 nitrogen and oxygen atoms in total. The van der Waals surface area contributed by atoms with Gasteiger partial charge in [-0.1, -0.05) is 6.55 Å². The Morgan fingerprint density at radius 1 is 1.71 bits per heavy atom. The first-order chi connectivity index (χ1) is 3.27. The van der Waals surface area contributed by atoms with Gasteiger partial charge in [0.05, 0.1) is 0 Å². The van der Waals surface area contributed by atoms with Crippen LogP contribution in [0.3, 0.4) is 0 Å². The van der Waals surface area contributed by atoms with Crippen LogP contribution in [0, 0.1) is 11.8 Å². The third-order valence-corrected chi connectivity index (χ3v) is 1.79. The van der Waals surface area contributed by atoms with Crippen LogP contribution in [0.2, 0.25) is 12.6 Å². The summed E-state index contributed by atoms with van der Waals surface area (Å²) < 4.78 is 0. The zero-order valence-electron chi connectivity index (χ0n) is 4.66. The first kappa shape index (κ1) is 7.07. The van der Waals surface area contributed by atoms with Gasteiger partial charge in [0.1, 0.15) is 8.11 Å². The second kappa shape index (κ2) is 4.23. The first-order valence-electron chi connectivity index (χ1n) is 2.31. The highest BCUT2D eigenvalue weighted by Gasteiger charge is 1.90. The quantitative estimate of drug-likeness (QED) is 0.289. The van der Waals surface area contributed by atoms with Crippen molar-refractivity contribution in [1.82, 2.24) is 0 Å². The van der Waals surface area contributed by atoms with E-state index in [1.807, 2.05) is 6.92 Å². The molecular formula is C5H9ClSi. The highest BCUT2D eigenvalue weighted by Crippen LogP contribution is 1.92. The molecule has 0 aliphatic rings. The van der Waals surface area contributed by atoms with Crippen molar-refractivity contribution in [3.05, 3.63) is 0 Å². The predicted octanol–water partition coefficient (Wildman–Crippen LogP) is 1.60. The molecule has 40 valence electrons. The third-order valence-electron chi connectivity index (χ3n) is 0.560. The largest absolute Gasteiger partial charge is 0.171 e. The van der Waals surface area contributed by atoms with Gasteiger partial charge in [0.25, 0.3) is 0 Å². The second-order valence-electron chi connectivity index (χ2n) is 1.41. The van der Waals surface area contributed by atoms with Gasteiger partial charge in [-0.3, -0.25) is 0 Å². The van der Waals surface area contributed by atoms with Crippen molar-refractivity contribution in [1.29, 1.82) is 0 Å². The first-order valence-corrected chi connectivity index (χ1v) is 6.02. The van der Waals surface area contributed by atoms with E-state index in [1.165, 1.54) is 0 Å². The van der Waals surface area contributed by atoms with Gasteiger partial charge in [-0.15, -0.1) is 11.8 Å². The van der Waals surface area contributed by atoms with Gasteiger partial charge in [-0.05, 0) is 6.92 Å². The fourth-order valence-corrected chi connectivity index (χ4v) is 0.960. The van der Waals surface area contributed by atoms with Crippen LogP contribution in [-0.2, 0) is 0 Å². The van der Waals surface area contributed by atoms with Crippen LogP contribution in [0.1, 0.15) is 6.92 Å². The Morgan fingerprint density at radius 3 is 2.43 bits per heavy atom. The fourth-order valence-electron chi connectivity index (χ4n) is 0.243. The number of hydrogen-bond acceptors (Lipinski definition) is 0. The molecule has 0 saturated heterocycles. The predicted molar refractivity (Wildman–Crippen MR) is 37.1 cm³/mol. The maximum Gasteiger partial charge on any atom is 0.149 e. The second-order valence-corrected chi connectivity index (χ2v) is 5.62. The van der Waals surface area contributed by atoms with Crippen LogP contribution in [-0.4, -0.2) is 8.11 Å². The van der Waals surface area contributed by atoms with E-state index in [9.17, 15) is 0 Å². The Hall–Kier alpha value is 0.0669. The lowest BCUT2D eigenvalue weighted by Crippen LogP contribution is -1.90. The number of halogens is 1. The van der Waals surface area contributed by atoms with Crippen molar-refractivity contribution in [2.24, 2.45) is 0 Å². The van der Waals surface area contributed by atoms with Gasteiger partial charge in [0.2, 0.25) is 0 Å². The van der Waals surface area contributed by atoms with E-state index in [4.69, 9.17) is 11.1 Å². The van der Waals surface area contributed by atoms with E-state index in [0.717, 1.165) is 6.04 Å². The van der Waals surface area contributed by atoms with E-state index in [-0.39, 0.29) is 0 Å². The Labute approximate surface area is 51.2 Å². The zero-order chi connectivity index (χ0) is 5.70. The Bertz CT molecular complexity index is 88.0. The fraction of sp³-hybridized carbons (Fsp3) is 0.600. The van der Waals surface area contributed by atoms with E-state index in [2.05, 4.69) is 18.4 Å². The molecule has 0 bridgehead atoms. The van der Waals surface area contributed by atoms with Crippen molar-refractivity contribution in [2.45, 2.75) is 19.5 Å². The monoisotopic (exact) mass is 132 g/mol. The summed E-state index contributed by atoms with van der Waals surface area (Å²) in [6.07, 6.45) is 0. The minimum Gasteiger partial charge on any atom is -0.171 e. The van der Waals surface area contributed by atoms with Gasteiger partial charge in [-0.2, -0.15) is 11.1 Å². The Balaban J connectivity index is 3.08. The lowest BCUT2D eigenvalue weighted by Gasteiger charge is -1.85. The maximum atomic E-state index is 5.69. The molecular weight excluding hydrogens is 124 g/mol. The summed E-state index contributed by atoms with van der Waals surface area (Å²) in [5, 5.41) is 0. The summed E-state index contributed by atoms with van der Waals surface area (Å²) in [7, 11) is -0.890. The van der Waals surface area contributed by atoms with Crippen LogP contribution in [0.25, 0.3) is 0 Å². The van der Waals surface area contributed by atoms with Gasteiger partial charge < -0.3 is 0 Å². The van der Waals surface area contributed by atoms with Crippen molar-refractivity contribution < 1.29 is 0 Å². The molecule has 7 heavy (non-hydrogen) atoms. The van der Waals surface area contributed by atoms with Crippen molar-refractivity contribution >= 4 is 19.2 Å². The highest BCUT2D eigenvalue weighted by molar-refractivity contribution is 7.06. The van der Waals surface area contributed by atoms with E-state index >= 15 is 0 Å². The molecule has 0 spiro atoms. The van der Waals surface area contributed by atoms with Crippen molar-refractivity contribution in [3.63, 3.8) is 0 Å². The zero-order valence-corrected chi connectivity index (χ0v) is 6.57. The minimum atomic E-state index is -0.890. The number of rotatable bonds is 1. The third kappa shape index (κ3) is 6.07. The molecule has 0 aliphatic carbocycles. The van der Waals surface area contributed by atoms with Gasteiger partial charge in [0, 0.05) is 6.04 Å². The summed E-state index contributed by atoms with van der Waals surface area (Å²) in [5.74, 6) is 5.73. The summed E-state index contributed by atoms with van der Waals surface area (Å²) in [5.41, 5.74) is 0. The molecule has 0 N–H and O–H groups in total. The molecule has 0 heterocycles. The molecule has 0 aromatic rings. The van der Waals surface area contributed by atoms with Crippen LogP contribution in [0.15, 0.2) is 0 Å². The summed E-state index contributed by atoms with van der Waals surface area (Å²) in [4.78, 5) is 0. The smallest absolute Gasteiger partial charge is 0.149 e. The molecule has 0 radical (unpaired) electrons. The van der Waals surface area contributed by atoms with E-state index in [1.54, 1.807) is 0 Å². The van der Waals surface area contributed by atoms with Gasteiger partial charge >= 0.3 is 0 Å². The average molecular weight is 133 g/mol. The van der Waals surface area contributed by atoms with E-state index < -0.39 is 8.11 Å². The SMILES string of the molecule is CC#CC[SiH](C)Cl. The molecule has 0 saturated carbocycles. The standard InChI is InChI=1S/C5H9ClSi/c1-3-4-5-7(2)6/h7H,5H2,1-2H3. The van der Waals surface area contributed by atoms with Crippen LogP contribution < -0.4 is 0 Å². The molecule has 0 fully saturated rings. The Morgan fingerprint density at radius 2 is 2.29 bits per heavy atom. The van der Waals surface area contributed by atoms with Crippen molar-refractivity contribution in [3.8, 4) is 11.8 Å². The Kier molecular flexibility index (Phi) is 4.27. The molecule has 0 aromatic carbocycles. The highest BCUT2D eigenvalue weighted by atomic mass is 35.6. The van der Waals surface area contributed by atoms with E-state index in [0.29, 0.717) is 0 Å². The summed E-state index contributed by atoms with van der Waals surface area (Å²) in [6, 6.07) is 0.943. The van der Waals surface area contributed by atoms with Crippen molar-refractivity contribution in [2.75, 3.05) is 0 Å². The van der Waals surface area contributed by atoms with Crippen LogP contribution in [0.4, 0.5) is 0 Å². The van der Waals surface area contributed by atoms with Crippen LogP contribution in [0.5, 0.6) is 0 Å². The summed E-state index contributed by atoms with van der Waals surface area (Å²) in [6.45, 7) is 3.92. The molecule has 2 heteroatoms. The molecule has 0 aliphatic heterocycles. The molecule has 1 unspecified atom stereocenters. The van der Waals surface area contributed by atoms with Gasteiger partial charge in [-0.25, -0.2) is 0 Å².